The fraction of sp³-hybridized carbons (Fsp3) is 0.208. The van der Waals surface area contributed by atoms with Crippen LogP contribution in [0.25, 0.3) is 11.1 Å². The summed E-state index contributed by atoms with van der Waals surface area (Å²) in [7, 11) is 1.68. The van der Waals surface area contributed by atoms with Crippen LogP contribution in [0.2, 0.25) is 0 Å². The number of hydrogen-bond donors (Lipinski definition) is 0. The molecule has 0 saturated heterocycles. The molecule has 3 nitrogen and oxygen atoms in total. The zero-order valence-electron chi connectivity index (χ0n) is 16.1. The van der Waals surface area contributed by atoms with Crippen molar-refractivity contribution >= 4 is 11.4 Å². The van der Waals surface area contributed by atoms with Gasteiger partial charge in [0.1, 0.15) is 11.5 Å². The minimum atomic E-state index is 0.738. The molecule has 3 heteroatoms. The molecule has 0 fully saturated rings. The maximum absolute atomic E-state index is 5.61. The molecule has 27 heavy (non-hydrogen) atoms. The standard InChI is InChI=1S/C24H25NO2/c1-4-17-27-24-15-11-22(12-16-24)25-18(2)19-5-7-20(8-6-19)21-9-13-23(26-3)14-10-21/h5-16H,4,17H2,1-3H3. The van der Waals surface area contributed by atoms with Gasteiger partial charge in [-0.25, -0.2) is 0 Å². The Hall–Kier alpha value is -3.07. The van der Waals surface area contributed by atoms with Crippen molar-refractivity contribution in [1.29, 1.82) is 0 Å². The summed E-state index contributed by atoms with van der Waals surface area (Å²) in [5.74, 6) is 1.75. The summed E-state index contributed by atoms with van der Waals surface area (Å²) >= 11 is 0. The Morgan fingerprint density at radius 2 is 1.33 bits per heavy atom. The van der Waals surface area contributed by atoms with Crippen molar-refractivity contribution in [3.8, 4) is 22.6 Å². The van der Waals surface area contributed by atoms with Crippen molar-refractivity contribution in [1.82, 2.24) is 0 Å². The van der Waals surface area contributed by atoms with Crippen LogP contribution in [-0.4, -0.2) is 19.4 Å². The van der Waals surface area contributed by atoms with Crippen LogP contribution < -0.4 is 9.47 Å². The van der Waals surface area contributed by atoms with Gasteiger partial charge in [-0.3, -0.25) is 4.99 Å². The van der Waals surface area contributed by atoms with Gasteiger partial charge >= 0.3 is 0 Å². The average Bonchev–Trinajstić information content (AvgIpc) is 2.73. The highest BCUT2D eigenvalue weighted by atomic mass is 16.5. The van der Waals surface area contributed by atoms with Gasteiger partial charge in [0, 0.05) is 5.71 Å². The Labute approximate surface area is 161 Å². The van der Waals surface area contributed by atoms with Crippen LogP contribution in [0, 0.1) is 0 Å². The molecule has 0 spiro atoms. The van der Waals surface area contributed by atoms with Crippen molar-refractivity contribution in [3.05, 3.63) is 78.4 Å². The van der Waals surface area contributed by atoms with Crippen LogP contribution in [0.3, 0.4) is 0 Å². The third-order valence-corrected chi connectivity index (χ3v) is 4.33. The summed E-state index contributed by atoms with van der Waals surface area (Å²) in [5, 5.41) is 0. The first-order valence-corrected chi connectivity index (χ1v) is 9.22. The van der Waals surface area contributed by atoms with E-state index in [4.69, 9.17) is 14.5 Å². The predicted molar refractivity (Wildman–Crippen MR) is 113 cm³/mol. The van der Waals surface area contributed by atoms with E-state index in [0.717, 1.165) is 41.5 Å². The van der Waals surface area contributed by atoms with Gasteiger partial charge in [0.25, 0.3) is 0 Å². The number of methoxy groups -OCH3 is 1. The summed E-state index contributed by atoms with van der Waals surface area (Å²) in [6.45, 7) is 4.87. The lowest BCUT2D eigenvalue weighted by atomic mass is 10.0. The van der Waals surface area contributed by atoms with E-state index >= 15 is 0 Å². The molecule has 0 aromatic heterocycles. The first-order valence-electron chi connectivity index (χ1n) is 9.22. The van der Waals surface area contributed by atoms with Gasteiger partial charge in [-0.05, 0) is 66.4 Å². The maximum Gasteiger partial charge on any atom is 0.119 e. The van der Waals surface area contributed by atoms with Crippen LogP contribution in [0.5, 0.6) is 11.5 Å². The van der Waals surface area contributed by atoms with Gasteiger partial charge in [0.05, 0.1) is 19.4 Å². The van der Waals surface area contributed by atoms with E-state index in [0.29, 0.717) is 0 Å². The Balaban J connectivity index is 1.72. The van der Waals surface area contributed by atoms with Crippen molar-refractivity contribution in [2.75, 3.05) is 13.7 Å². The molecule has 3 rings (SSSR count). The predicted octanol–water partition coefficient (Wildman–Crippen LogP) is 6.29. The number of rotatable bonds is 7. The molecule has 0 aliphatic heterocycles. The van der Waals surface area contributed by atoms with Crippen LogP contribution >= 0.6 is 0 Å². The zero-order chi connectivity index (χ0) is 19.1. The summed E-state index contributed by atoms with van der Waals surface area (Å²) in [6, 6.07) is 24.5. The number of ether oxygens (including phenoxy) is 2. The van der Waals surface area contributed by atoms with Gasteiger partial charge < -0.3 is 9.47 Å². The third-order valence-electron chi connectivity index (χ3n) is 4.33. The molecule has 0 saturated carbocycles. The van der Waals surface area contributed by atoms with Gasteiger partial charge in [-0.1, -0.05) is 43.3 Å². The highest BCUT2D eigenvalue weighted by Gasteiger charge is 2.02. The van der Waals surface area contributed by atoms with Crippen molar-refractivity contribution in [2.45, 2.75) is 20.3 Å². The first kappa shape index (κ1) is 18.7. The molecule has 0 atom stereocenters. The summed E-state index contributed by atoms with van der Waals surface area (Å²) in [4.78, 5) is 4.72. The van der Waals surface area contributed by atoms with Gasteiger partial charge in [-0.15, -0.1) is 0 Å². The second-order valence-electron chi connectivity index (χ2n) is 6.35. The lowest BCUT2D eigenvalue weighted by Crippen LogP contribution is -1.95. The summed E-state index contributed by atoms with van der Waals surface area (Å²) < 4.78 is 10.8. The third kappa shape index (κ3) is 4.98. The highest BCUT2D eigenvalue weighted by Crippen LogP contribution is 2.24. The zero-order valence-corrected chi connectivity index (χ0v) is 16.1. The molecule has 0 bridgehead atoms. The second-order valence-corrected chi connectivity index (χ2v) is 6.35. The molecule has 0 radical (unpaired) electrons. The molecular weight excluding hydrogens is 334 g/mol. The van der Waals surface area contributed by atoms with Gasteiger partial charge in [0.15, 0.2) is 0 Å². The van der Waals surface area contributed by atoms with Crippen molar-refractivity contribution in [2.24, 2.45) is 4.99 Å². The van der Waals surface area contributed by atoms with Gasteiger partial charge in [-0.2, -0.15) is 0 Å². The fourth-order valence-corrected chi connectivity index (χ4v) is 2.78. The van der Waals surface area contributed by atoms with E-state index < -0.39 is 0 Å². The molecule has 0 aliphatic carbocycles. The molecule has 3 aromatic rings. The van der Waals surface area contributed by atoms with E-state index in [-0.39, 0.29) is 0 Å². The van der Waals surface area contributed by atoms with Gasteiger partial charge in [0.2, 0.25) is 0 Å². The van der Waals surface area contributed by atoms with Crippen LogP contribution in [-0.2, 0) is 0 Å². The quantitative estimate of drug-likeness (QED) is 0.464. The molecule has 0 aliphatic rings. The molecular formula is C24H25NO2. The van der Waals surface area contributed by atoms with E-state index in [1.165, 1.54) is 11.1 Å². The Morgan fingerprint density at radius 3 is 1.89 bits per heavy atom. The highest BCUT2D eigenvalue weighted by molar-refractivity contribution is 6.00. The monoisotopic (exact) mass is 359 g/mol. The summed E-state index contributed by atoms with van der Waals surface area (Å²) in [6.07, 6.45) is 1.01. The van der Waals surface area contributed by atoms with Crippen molar-refractivity contribution in [3.63, 3.8) is 0 Å². The number of hydrogen-bond acceptors (Lipinski definition) is 3. The lowest BCUT2D eigenvalue weighted by Gasteiger charge is -2.07. The SMILES string of the molecule is CCCOc1ccc(N=C(C)c2ccc(-c3ccc(OC)cc3)cc2)cc1. The molecule has 0 unspecified atom stereocenters. The largest absolute Gasteiger partial charge is 0.497 e. The minimum absolute atomic E-state index is 0.738. The maximum atomic E-state index is 5.61. The fourth-order valence-electron chi connectivity index (χ4n) is 2.78. The van der Waals surface area contributed by atoms with Crippen LogP contribution in [0.1, 0.15) is 25.8 Å². The number of benzene rings is 3. The number of nitrogens with zero attached hydrogens (tertiary/aromatic N) is 1. The summed E-state index contributed by atoms with van der Waals surface area (Å²) in [5.41, 5.74) is 5.36. The average molecular weight is 359 g/mol. The number of aliphatic imine (C=N–C) groups is 1. The van der Waals surface area contributed by atoms with Crippen LogP contribution in [0.4, 0.5) is 5.69 Å². The minimum Gasteiger partial charge on any atom is -0.497 e. The van der Waals surface area contributed by atoms with E-state index in [2.05, 4.69) is 43.3 Å². The van der Waals surface area contributed by atoms with Crippen molar-refractivity contribution < 1.29 is 9.47 Å². The Morgan fingerprint density at radius 1 is 0.778 bits per heavy atom. The topological polar surface area (TPSA) is 30.8 Å². The lowest BCUT2D eigenvalue weighted by molar-refractivity contribution is 0.317. The molecule has 0 heterocycles. The van der Waals surface area contributed by atoms with E-state index in [9.17, 15) is 0 Å². The molecule has 3 aromatic carbocycles. The second kappa shape index (κ2) is 9.04. The normalized spacial score (nSPS) is 11.3. The van der Waals surface area contributed by atoms with Crippen LogP contribution in [0.15, 0.2) is 77.8 Å². The molecule has 0 N–H and O–H groups in total. The Kier molecular flexibility index (Phi) is 6.26. The smallest absolute Gasteiger partial charge is 0.119 e. The first-order chi connectivity index (χ1) is 13.2. The Bertz CT molecular complexity index is 879. The molecule has 138 valence electrons. The van der Waals surface area contributed by atoms with E-state index in [1.54, 1.807) is 7.11 Å². The van der Waals surface area contributed by atoms with E-state index in [1.807, 2.05) is 43.3 Å². The molecule has 0 amide bonds.